The molecule has 6 nitrogen and oxygen atoms in total. The van der Waals surface area contributed by atoms with E-state index < -0.39 is 6.61 Å². The summed E-state index contributed by atoms with van der Waals surface area (Å²) >= 11 is 0. The minimum atomic E-state index is -2.97. The van der Waals surface area contributed by atoms with E-state index in [4.69, 9.17) is 4.74 Å². The van der Waals surface area contributed by atoms with Gasteiger partial charge in [0.15, 0.2) is 11.5 Å². The molecule has 30 heavy (non-hydrogen) atoms. The van der Waals surface area contributed by atoms with Crippen molar-refractivity contribution >= 4 is 23.6 Å². The van der Waals surface area contributed by atoms with Gasteiger partial charge in [-0.05, 0) is 41.8 Å². The van der Waals surface area contributed by atoms with Crippen LogP contribution in [-0.4, -0.2) is 44.0 Å². The highest BCUT2D eigenvalue weighted by atomic mass is 19.3. The maximum absolute atomic E-state index is 12.4. The summed E-state index contributed by atoms with van der Waals surface area (Å²) in [5.74, 6) is -0.680. The highest BCUT2D eigenvalue weighted by molar-refractivity contribution is 5.98. The molecule has 0 spiro atoms. The lowest BCUT2D eigenvalue weighted by molar-refractivity contribution is -0.129. The number of carbonyl (C=O) groups excluding carboxylic acids is 2. The van der Waals surface area contributed by atoms with Crippen molar-refractivity contribution in [1.29, 1.82) is 0 Å². The SMILES string of the molecule is CCc1ccccc1NC(=O)CN(C)C(=O)/C=C/c1ccc(OC(F)F)c(OC)c1. The lowest BCUT2D eigenvalue weighted by Gasteiger charge is -2.16. The number of hydrogen-bond donors (Lipinski definition) is 1. The number of para-hydroxylation sites is 1. The van der Waals surface area contributed by atoms with Gasteiger partial charge in [-0.25, -0.2) is 0 Å². The molecule has 0 heterocycles. The summed E-state index contributed by atoms with van der Waals surface area (Å²) in [4.78, 5) is 25.8. The Morgan fingerprint density at radius 1 is 1.17 bits per heavy atom. The Bertz CT molecular complexity index is 916. The first kappa shape index (κ1) is 22.9. The summed E-state index contributed by atoms with van der Waals surface area (Å²) in [6.07, 6.45) is 3.56. The molecule has 2 aromatic carbocycles. The largest absolute Gasteiger partial charge is 0.493 e. The molecular weight excluding hydrogens is 394 g/mol. The molecule has 0 saturated carbocycles. The summed E-state index contributed by atoms with van der Waals surface area (Å²) in [5, 5.41) is 2.81. The van der Waals surface area contributed by atoms with Crippen LogP contribution in [0.4, 0.5) is 14.5 Å². The van der Waals surface area contributed by atoms with Gasteiger partial charge in [0.25, 0.3) is 0 Å². The molecule has 0 fully saturated rings. The van der Waals surface area contributed by atoms with E-state index in [2.05, 4.69) is 10.1 Å². The fourth-order valence-electron chi connectivity index (χ4n) is 2.71. The smallest absolute Gasteiger partial charge is 0.387 e. The van der Waals surface area contributed by atoms with E-state index in [0.29, 0.717) is 5.56 Å². The van der Waals surface area contributed by atoms with E-state index in [9.17, 15) is 18.4 Å². The quantitative estimate of drug-likeness (QED) is 0.626. The predicted molar refractivity (Wildman–Crippen MR) is 111 cm³/mol. The molecule has 0 aromatic heterocycles. The Kier molecular flexibility index (Phi) is 8.34. The maximum atomic E-state index is 12.4. The zero-order valence-corrected chi connectivity index (χ0v) is 17.0. The molecule has 8 heteroatoms. The molecular formula is C22H24F2N2O4. The summed E-state index contributed by atoms with van der Waals surface area (Å²) in [6.45, 7) is -1.09. The van der Waals surface area contributed by atoms with Crippen molar-refractivity contribution in [3.8, 4) is 11.5 Å². The van der Waals surface area contributed by atoms with Crippen LogP contribution in [0, 0.1) is 0 Å². The fraction of sp³-hybridized carbons (Fsp3) is 0.273. The van der Waals surface area contributed by atoms with Crippen molar-refractivity contribution in [2.24, 2.45) is 0 Å². The lowest BCUT2D eigenvalue weighted by atomic mass is 10.1. The summed E-state index contributed by atoms with van der Waals surface area (Å²) in [6, 6.07) is 11.8. The first-order valence-corrected chi connectivity index (χ1v) is 9.27. The number of amides is 2. The molecule has 0 unspecified atom stereocenters. The topological polar surface area (TPSA) is 67.9 Å². The van der Waals surface area contributed by atoms with Gasteiger partial charge in [0.05, 0.1) is 13.7 Å². The third-order valence-electron chi connectivity index (χ3n) is 4.25. The summed E-state index contributed by atoms with van der Waals surface area (Å²) < 4.78 is 34.2. The van der Waals surface area contributed by atoms with Gasteiger partial charge in [-0.2, -0.15) is 8.78 Å². The average molecular weight is 418 g/mol. The van der Waals surface area contributed by atoms with Crippen LogP contribution in [0.1, 0.15) is 18.1 Å². The van der Waals surface area contributed by atoms with Crippen LogP contribution >= 0.6 is 0 Å². The molecule has 0 aliphatic heterocycles. The van der Waals surface area contributed by atoms with Crippen LogP contribution in [0.5, 0.6) is 11.5 Å². The number of benzene rings is 2. The summed E-state index contributed by atoms with van der Waals surface area (Å²) in [5.41, 5.74) is 2.28. The Hall–Kier alpha value is -3.42. The number of nitrogens with one attached hydrogen (secondary N) is 1. The van der Waals surface area contributed by atoms with Crippen LogP contribution in [0.2, 0.25) is 0 Å². The highest BCUT2D eigenvalue weighted by Crippen LogP contribution is 2.29. The molecule has 0 bridgehead atoms. The molecule has 0 saturated heterocycles. The number of rotatable bonds is 9. The van der Waals surface area contributed by atoms with Crippen molar-refractivity contribution in [2.75, 3.05) is 26.0 Å². The van der Waals surface area contributed by atoms with E-state index >= 15 is 0 Å². The van der Waals surface area contributed by atoms with Crippen molar-refractivity contribution in [3.05, 3.63) is 59.7 Å². The van der Waals surface area contributed by atoms with Crippen LogP contribution < -0.4 is 14.8 Å². The molecule has 160 valence electrons. The van der Waals surface area contributed by atoms with Crippen LogP contribution in [0.3, 0.4) is 0 Å². The normalized spacial score (nSPS) is 10.9. The van der Waals surface area contributed by atoms with Gasteiger partial charge in [0.2, 0.25) is 11.8 Å². The Balaban J connectivity index is 1.98. The van der Waals surface area contributed by atoms with Gasteiger partial charge in [0.1, 0.15) is 0 Å². The second-order valence-corrected chi connectivity index (χ2v) is 6.38. The van der Waals surface area contributed by atoms with Gasteiger partial charge < -0.3 is 19.7 Å². The molecule has 0 aliphatic carbocycles. The van der Waals surface area contributed by atoms with Crippen LogP contribution in [0.15, 0.2) is 48.5 Å². The van der Waals surface area contributed by atoms with Gasteiger partial charge in [-0.3, -0.25) is 9.59 Å². The Morgan fingerprint density at radius 3 is 2.57 bits per heavy atom. The number of aryl methyl sites for hydroxylation is 1. The summed E-state index contributed by atoms with van der Waals surface area (Å²) in [7, 11) is 2.84. The molecule has 1 N–H and O–H groups in total. The second-order valence-electron chi connectivity index (χ2n) is 6.38. The number of methoxy groups -OCH3 is 1. The van der Waals surface area contributed by atoms with E-state index in [-0.39, 0.29) is 29.9 Å². The van der Waals surface area contributed by atoms with Crippen molar-refractivity contribution in [2.45, 2.75) is 20.0 Å². The fourth-order valence-corrected chi connectivity index (χ4v) is 2.71. The number of hydrogen-bond acceptors (Lipinski definition) is 4. The van der Waals surface area contributed by atoms with Gasteiger partial charge >= 0.3 is 6.61 Å². The number of carbonyl (C=O) groups is 2. The van der Waals surface area contributed by atoms with Gasteiger partial charge in [-0.15, -0.1) is 0 Å². The Labute approximate surface area is 174 Å². The molecule has 0 atom stereocenters. The zero-order chi connectivity index (χ0) is 22.1. The van der Waals surface area contributed by atoms with Crippen molar-refractivity contribution in [1.82, 2.24) is 4.90 Å². The van der Waals surface area contributed by atoms with Crippen molar-refractivity contribution in [3.63, 3.8) is 0 Å². The van der Waals surface area contributed by atoms with E-state index in [1.54, 1.807) is 0 Å². The number of anilines is 1. The average Bonchev–Trinajstić information content (AvgIpc) is 2.72. The highest BCUT2D eigenvalue weighted by Gasteiger charge is 2.13. The standard InChI is InChI=1S/C22H24F2N2O4/c1-4-16-7-5-6-8-17(16)25-20(27)14-26(2)21(28)12-10-15-9-11-18(30-22(23)24)19(13-15)29-3/h5-13,22H,4,14H2,1-3H3,(H,25,27)/b12-10+. The third-order valence-corrected chi connectivity index (χ3v) is 4.25. The van der Waals surface area contributed by atoms with E-state index in [1.165, 1.54) is 49.4 Å². The number of ether oxygens (including phenoxy) is 2. The van der Waals surface area contributed by atoms with Crippen LogP contribution in [-0.2, 0) is 16.0 Å². The van der Waals surface area contributed by atoms with E-state index in [1.807, 2.05) is 31.2 Å². The van der Waals surface area contributed by atoms with E-state index in [0.717, 1.165) is 17.7 Å². The van der Waals surface area contributed by atoms with Gasteiger partial charge in [-0.1, -0.05) is 31.2 Å². The first-order valence-electron chi connectivity index (χ1n) is 9.27. The second kappa shape index (κ2) is 10.9. The predicted octanol–water partition coefficient (Wildman–Crippen LogP) is 3.97. The minimum absolute atomic E-state index is 0.0999. The molecule has 2 aromatic rings. The first-order chi connectivity index (χ1) is 14.3. The van der Waals surface area contributed by atoms with Gasteiger partial charge in [0, 0.05) is 18.8 Å². The number of halogens is 2. The zero-order valence-electron chi connectivity index (χ0n) is 17.0. The molecule has 0 aliphatic rings. The number of nitrogens with zero attached hydrogens (tertiary/aromatic N) is 1. The minimum Gasteiger partial charge on any atom is -0.493 e. The number of alkyl halides is 2. The lowest BCUT2D eigenvalue weighted by Crippen LogP contribution is -2.34. The molecule has 0 radical (unpaired) electrons. The molecule has 2 amide bonds. The van der Waals surface area contributed by atoms with Crippen LogP contribution in [0.25, 0.3) is 6.08 Å². The maximum Gasteiger partial charge on any atom is 0.387 e. The van der Waals surface area contributed by atoms with Crippen molar-refractivity contribution < 1.29 is 27.8 Å². The monoisotopic (exact) mass is 418 g/mol. The third kappa shape index (κ3) is 6.58. The molecule has 2 rings (SSSR count). The number of likely N-dealkylation sites (N-methyl/N-ethyl adjacent to an activating group) is 1. The Morgan fingerprint density at radius 2 is 1.90 bits per heavy atom.